The number of hydrogen-bond acceptors (Lipinski definition) is 5. The summed E-state index contributed by atoms with van der Waals surface area (Å²) in [6, 6.07) is 7.28. The first-order chi connectivity index (χ1) is 10.9. The van der Waals surface area contributed by atoms with Crippen molar-refractivity contribution in [3.63, 3.8) is 0 Å². The molecular weight excluding hydrogens is 318 g/mol. The Morgan fingerprint density at radius 2 is 2.22 bits per heavy atom. The maximum atomic E-state index is 12.3. The normalized spacial score (nSPS) is 18.6. The number of pyridine rings is 1. The minimum absolute atomic E-state index is 0.140. The Balaban J connectivity index is 2.01. The molecule has 3 rings (SSSR count). The zero-order valence-electron chi connectivity index (χ0n) is 12.6. The van der Waals surface area contributed by atoms with Crippen molar-refractivity contribution in [3.05, 3.63) is 30.5 Å². The van der Waals surface area contributed by atoms with Crippen LogP contribution in [0.3, 0.4) is 0 Å². The molecule has 0 bridgehead atoms. The molecule has 1 aromatic heterocycles. The van der Waals surface area contributed by atoms with Crippen LogP contribution in [0, 0.1) is 5.92 Å². The SMILES string of the molecule is COc1cc(N2CC(CS(N)(=O)=O)CC2=O)c2ncccc2c1. The molecule has 0 spiro atoms. The first-order valence-corrected chi connectivity index (χ1v) is 8.82. The van der Waals surface area contributed by atoms with Crippen LogP contribution < -0.4 is 14.8 Å². The number of primary sulfonamides is 1. The topological polar surface area (TPSA) is 103 Å². The van der Waals surface area contributed by atoms with Crippen molar-refractivity contribution in [2.75, 3.05) is 24.3 Å². The minimum Gasteiger partial charge on any atom is -0.497 e. The molecule has 0 saturated carbocycles. The lowest BCUT2D eigenvalue weighted by Gasteiger charge is -2.19. The molecule has 1 amide bonds. The summed E-state index contributed by atoms with van der Waals surface area (Å²) < 4.78 is 27.8. The second-order valence-corrected chi connectivity index (χ2v) is 7.28. The van der Waals surface area contributed by atoms with Gasteiger partial charge in [0.25, 0.3) is 0 Å². The maximum Gasteiger partial charge on any atom is 0.227 e. The molecule has 1 saturated heterocycles. The van der Waals surface area contributed by atoms with Crippen LogP contribution >= 0.6 is 0 Å². The molecule has 2 N–H and O–H groups in total. The van der Waals surface area contributed by atoms with Gasteiger partial charge < -0.3 is 9.64 Å². The quantitative estimate of drug-likeness (QED) is 0.893. The van der Waals surface area contributed by atoms with Crippen LogP contribution in [0.2, 0.25) is 0 Å². The molecule has 2 heterocycles. The van der Waals surface area contributed by atoms with E-state index in [2.05, 4.69) is 4.98 Å². The Hall–Kier alpha value is -2.19. The van der Waals surface area contributed by atoms with Crippen LogP contribution in [0.1, 0.15) is 6.42 Å². The summed E-state index contributed by atoms with van der Waals surface area (Å²) in [4.78, 5) is 18.2. The van der Waals surface area contributed by atoms with Gasteiger partial charge in [0.1, 0.15) is 5.75 Å². The van der Waals surface area contributed by atoms with Gasteiger partial charge in [-0.25, -0.2) is 13.6 Å². The van der Waals surface area contributed by atoms with Gasteiger partial charge in [0.15, 0.2) is 0 Å². The Morgan fingerprint density at radius 1 is 1.43 bits per heavy atom. The van der Waals surface area contributed by atoms with Gasteiger partial charge in [-0.05, 0) is 12.1 Å². The number of ether oxygens (including phenoxy) is 1. The zero-order chi connectivity index (χ0) is 16.6. The van der Waals surface area contributed by atoms with Crippen LogP contribution in [0.15, 0.2) is 30.5 Å². The molecule has 0 aliphatic carbocycles. The first kappa shape index (κ1) is 15.7. The first-order valence-electron chi connectivity index (χ1n) is 7.11. The second-order valence-electron chi connectivity index (χ2n) is 5.63. The summed E-state index contributed by atoms with van der Waals surface area (Å²) in [6.07, 6.45) is 1.81. The highest BCUT2D eigenvalue weighted by atomic mass is 32.2. The van der Waals surface area contributed by atoms with Crippen LogP contribution in [0.25, 0.3) is 10.9 Å². The van der Waals surface area contributed by atoms with Gasteiger partial charge in [-0.2, -0.15) is 0 Å². The average Bonchev–Trinajstić information content (AvgIpc) is 2.84. The molecular formula is C15H17N3O4S. The Kier molecular flexibility index (Phi) is 3.95. The van der Waals surface area contributed by atoms with E-state index >= 15 is 0 Å². The molecule has 122 valence electrons. The van der Waals surface area contributed by atoms with E-state index in [1.165, 1.54) is 0 Å². The van der Waals surface area contributed by atoms with E-state index in [0.29, 0.717) is 23.5 Å². The number of anilines is 1. The fourth-order valence-corrected chi connectivity index (χ4v) is 3.80. The molecule has 1 aliphatic heterocycles. The van der Waals surface area contributed by atoms with Gasteiger partial charge in [-0.15, -0.1) is 0 Å². The van der Waals surface area contributed by atoms with Crippen LogP contribution in [-0.2, 0) is 14.8 Å². The highest BCUT2D eigenvalue weighted by Gasteiger charge is 2.34. The number of methoxy groups -OCH3 is 1. The van der Waals surface area contributed by atoms with Crippen molar-refractivity contribution in [1.29, 1.82) is 0 Å². The standard InChI is InChI=1S/C15H17N3O4S/c1-22-12-6-11-3-2-4-17-15(11)13(7-12)18-8-10(5-14(18)19)9-23(16,20)21/h2-4,6-7,10H,5,8-9H2,1H3,(H2,16,20,21). The Morgan fingerprint density at radius 3 is 2.91 bits per heavy atom. The molecule has 1 fully saturated rings. The van der Waals surface area contributed by atoms with E-state index in [1.54, 1.807) is 30.3 Å². The van der Waals surface area contributed by atoms with Crippen molar-refractivity contribution < 1.29 is 17.9 Å². The number of benzene rings is 1. The van der Waals surface area contributed by atoms with Gasteiger partial charge >= 0.3 is 0 Å². The highest BCUT2D eigenvalue weighted by Crippen LogP contribution is 2.34. The maximum absolute atomic E-state index is 12.3. The molecule has 1 unspecified atom stereocenters. The molecule has 1 atom stereocenters. The fourth-order valence-electron chi connectivity index (χ4n) is 2.92. The summed E-state index contributed by atoms with van der Waals surface area (Å²) in [6.45, 7) is 0.300. The van der Waals surface area contributed by atoms with Crippen LogP contribution in [-0.4, -0.2) is 38.7 Å². The van der Waals surface area contributed by atoms with Gasteiger partial charge in [0, 0.05) is 36.5 Å². The number of fused-ring (bicyclic) bond motifs is 1. The summed E-state index contributed by atoms with van der Waals surface area (Å²) in [5, 5.41) is 5.94. The minimum atomic E-state index is -3.61. The number of hydrogen-bond donors (Lipinski definition) is 1. The van der Waals surface area contributed by atoms with E-state index in [1.807, 2.05) is 12.1 Å². The van der Waals surface area contributed by atoms with Gasteiger partial charge in [-0.3, -0.25) is 9.78 Å². The largest absolute Gasteiger partial charge is 0.497 e. The van der Waals surface area contributed by atoms with Crippen molar-refractivity contribution in [2.45, 2.75) is 6.42 Å². The lowest BCUT2D eigenvalue weighted by Crippen LogP contribution is -2.27. The molecule has 23 heavy (non-hydrogen) atoms. The number of aromatic nitrogens is 1. The molecule has 1 aliphatic rings. The smallest absolute Gasteiger partial charge is 0.227 e. The summed E-state index contributed by atoms with van der Waals surface area (Å²) in [5.74, 6) is -0.0468. The third-order valence-electron chi connectivity index (χ3n) is 3.86. The third-order valence-corrected chi connectivity index (χ3v) is 4.79. The predicted octanol–water partition coefficient (Wildman–Crippen LogP) is 0.885. The van der Waals surface area contributed by atoms with E-state index in [-0.39, 0.29) is 24.0 Å². The van der Waals surface area contributed by atoms with Crippen molar-refractivity contribution >= 4 is 32.5 Å². The third kappa shape index (κ3) is 3.27. The number of rotatable bonds is 4. The lowest BCUT2D eigenvalue weighted by atomic mass is 10.1. The van der Waals surface area contributed by atoms with E-state index < -0.39 is 10.0 Å². The van der Waals surface area contributed by atoms with Crippen molar-refractivity contribution in [2.24, 2.45) is 11.1 Å². The van der Waals surface area contributed by atoms with Gasteiger partial charge in [0.2, 0.25) is 15.9 Å². The summed E-state index contributed by atoms with van der Waals surface area (Å²) in [7, 11) is -2.06. The number of carbonyl (C=O) groups is 1. The number of amides is 1. The monoisotopic (exact) mass is 335 g/mol. The van der Waals surface area contributed by atoms with E-state index in [4.69, 9.17) is 9.88 Å². The van der Waals surface area contributed by atoms with Gasteiger partial charge in [0.05, 0.1) is 24.1 Å². The second kappa shape index (κ2) is 5.78. The predicted molar refractivity (Wildman–Crippen MR) is 86.7 cm³/mol. The number of nitrogens with zero attached hydrogens (tertiary/aromatic N) is 2. The zero-order valence-corrected chi connectivity index (χ0v) is 13.4. The highest BCUT2D eigenvalue weighted by molar-refractivity contribution is 7.89. The molecule has 7 nitrogen and oxygen atoms in total. The van der Waals surface area contributed by atoms with Crippen molar-refractivity contribution in [1.82, 2.24) is 4.98 Å². The van der Waals surface area contributed by atoms with E-state index in [0.717, 1.165) is 5.39 Å². The lowest BCUT2D eigenvalue weighted by molar-refractivity contribution is -0.117. The molecule has 8 heteroatoms. The molecule has 1 aromatic carbocycles. The summed E-state index contributed by atoms with van der Waals surface area (Å²) in [5.41, 5.74) is 1.31. The Bertz CT molecular complexity index is 866. The van der Waals surface area contributed by atoms with Crippen LogP contribution in [0.4, 0.5) is 5.69 Å². The molecule has 2 aromatic rings. The summed E-state index contributed by atoms with van der Waals surface area (Å²) >= 11 is 0. The van der Waals surface area contributed by atoms with Gasteiger partial charge in [-0.1, -0.05) is 6.07 Å². The molecule has 0 radical (unpaired) electrons. The van der Waals surface area contributed by atoms with Crippen LogP contribution in [0.5, 0.6) is 5.75 Å². The average molecular weight is 335 g/mol. The van der Waals surface area contributed by atoms with Crippen molar-refractivity contribution in [3.8, 4) is 5.75 Å². The number of sulfonamides is 1. The number of nitrogens with two attached hydrogens (primary N) is 1. The van der Waals surface area contributed by atoms with E-state index in [9.17, 15) is 13.2 Å². The fraction of sp³-hybridized carbons (Fsp3) is 0.333. The Labute approximate surface area is 134 Å². The number of carbonyl (C=O) groups excluding carboxylic acids is 1.